The number of esters is 1. The summed E-state index contributed by atoms with van der Waals surface area (Å²) in [6, 6.07) is 6.51. The lowest BCUT2D eigenvalue weighted by molar-refractivity contribution is -0.150. The fraction of sp³-hybridized carbons (Fsp3) is 0.250. The minimum Gasteiger partial charge on any atom is -0.474 e. The molecule has 9 nitrogen and oxygen atoms in total. The summed E-state index contributed by atoms with van der Waals surface area (Å²) >= 11 is 0. The molecule has 1 aromatic heterocycles. The number of amides is 2. The van der Waals surface area contributed by atoms with E-state index in [1.165, 1.54) is 7.11 Å². The third-order valence-electron chi connectivity index (χ3n) is 3.52. The number of aliphatic carboxylic acids is 1. The molecule has 0 aliphatic carbocycles. The molecule has 0 spiro atoms. The Kier molecular flexibility index (Phi) is 5.72. The van der Waals surface area contributed by atoms with Crippen molar-refractivity contribution in [1.29, 1.82) is 0 Å². The van der Waals surface area contributed by atoms with E-state index in [-0.39, 0.29) is 6.42 Å². The number of nitrogens with one attached hydrogen (secondary N) is 3. The molecule has 132 valence electrons. The van der Waals surface area contributed by atoms with E-state index < -0.39 is 36.3 Å². The highest BCUT2D eigenvalue weighted by Crippen LogP contribution is 2.19. The maximum atomic E-state index is 11.9. The van der Waals surface area contributed by atoms with E-state index in [1.54, 1.807) is 6.20 Å². The number of carbonyl (C=O) groups is 4. The molecule has 9 heteroatoms. The number of hydrogen-bond donors (Lipinski definition) is 4. The monoisotopic (exact) mass is 347 g/mol. The van der Waals surface area contributed by atoms with Gasteiger partial charge in [-0.3, -0.25) is 9.59 Å². The number of carboxylic acids is 1. The van der Waals surface area contributed by atoms with Crippen molar-refractivity contribution in [3.8, 4) is 0 Å². The quantitative estimate of drug-likeness (QED) is 0.413. The molecular weight excluding hydrogens is 330 g/mol. The Morgan fingerprint density at radius 1 is 1.24 bits per heavy atom. The second-order valence-corrected chi connectivity index (χ2v) is 5.19. The fourth-order valence-electron chi connectivity index (χ4n) is 2.34. The van der Waals surface area contributed by atoms with E-state index in [4.69, 9.17) is 9.84 Å². The van der Waals surface area contributed by atoms with Crippen LogP contribution in [-0.4, -0.2) is 53.5 Å². The van der Waals surface area contributed by atoms with Gasteiger partial charge in [0.25, 0.3) is 0 Å². The number of benzene rings is 1. The van der Waals surface area contributed by atoms with Gasteiger partial charge in [-0.05, 0) is 11.6 Å². The van der Waals surface area contributed by atoms with Crippen molar-refractivity contribution >= 4 is 34.7 Å². The molecule has 0 bridgehead atoms. The minimum atomic E-state index is -1.70. The lowest BCUT2D eigenvalue weighted by Gasteiger charge is -2.16. The zero-order valence-electron chi connectivity index (χ0n) is 13.4. The lowest BCUT2D eigenvalue weighted by Crippen LogP contribution is -2.47. The molecule has 1 heterocycles. The SMILES string of the molecule is COC(=O)[C@H](Cc1c[nH]c2ccccc12)NC(=O)CNC(=O)C(=O)O. The van der Waals surface area contributed by atoms with Gasteiger partial charge in [0.15, 0.2) is 0 Å². The molecule has 2 amide bonds. The lowest BCUT2D eigenvalue weighted by atomic mass is 10.0. The number of hydrogen-bond acceptors (Lipinski definition) is 5. The first-order chi connectivity index (χ1) is 11.9. The molecule has 2 rings (SSSR count). The Hall–Kier alpha value is -3.36. The molecule has 0 aliphatic heterocycles. The highest BCUT2D eigenvalue weighted by Gasteiger charge is 2.23. The van der Waals surface area contributed by atoms with Crippen LogP contribution in [0.5, 0.6) is 0 Å². The third-order valence-corrected chi connectivity index (χ3v) is 3.52. The van der Waals surface area contributed by atoms with Crippen molar-refractivity contribution in [2.45, 2.75) is 12.5 Å². The number of para-hydroxylation sites is 1. The predicted octanol–water partition coefficient (Wildman–Crippen LogP) is -0.431. The maximum absolute atomic E-state index is 11.9. The van der Waals surface area contributed by atoms with Crippen molar-refractivity contribution in [2.24, 2.45) is 0 Å². The van der Waals surface area contributed by atoms with Crippen LogP contribution in [0, 0.1) is 0 Å². The van der Waals surface area contributed by atoms with Crippen LogP contribution in [0.15, 0.2) is 30.5 Å². The largest absolute Gasteiger partial charge is 0.474 e. The highest BCUT2D eigenvalue weighted by molar-refractivity contribution is 6.31. The molecule has 0 saturated carbocycles. The summed E-state index contributed by atoms with van der Waals surface area (Å²) in [5.74, 6) is -4.36. The van der Waals surface area contributed by atoms with Gasteiger partial charge in [-0.2, -0.15) is 0 Å². The summed E-state index contributed by atoms with van der Waals surface area (Å²) in [4.78, 5) is 48.2. The number of aromatic nitrogens is 1. The molecule has 4 N–H and O–H groups in total. The van der Waals surface area contributed by atoms with Crippen LogP contribution >= 0.6 is 0 Å². The average molecular weight is 347 g/mol. The van der Waals surface area contributed by atoms with E-state index in [1.807, 2.05) is 29.6 Å². The van der Waals surface area contributed by atoms with E-state index in [2.05, 4.69) is 10.3 Å². The first kappa shape index (κ1) is 18.0. The van der Waals surface area contributed by atoms with Gasteiger partial charge < -0.3 is 25.5 Å². The molecule has 0 aliphatic rings. The molecule has 25 heavy (non-hydrogen) atoms. The zero-order chi connectivity index (χ0) is 18.4. The van der Waals surface area contributed by atoms with Crippen LogP contribution in [0.25, 0.3) is 10.9 Å². The molecule has 1 atom stereocenters. The number of carboxylic acid groups (broad SMARTS) is 1. The van der Waals surface area contributed by atoms with Crippen molar-refractivity contribution in [2.75, 3.05) is 13.7 Å². The van der Waals surface area contributed by atoms with Crippen LogP contribution < -0.4 is 10.6 Å². The second-order valence-electron chi connectivity index (χ2n) is 5.19. The predicted molar refractivity (Wildman–Crippen MR) is 86.6 cm³/mol. The van der Waals surface area contributed by atoms with E-state index in [0.29, 0.717) is 0 Å². The number of methoxy groups -OCH3 is 1. The smallest absolute Gasteiger partial charge is 0.394 e. The molecule has 2 aromatic rings. The number of H-pyrrole nitrogens is 1. The standard InChI is InChI=1S/C16H17N3O6/c1-25-16(24)12(19-13(20)8-18-14(21)15(22)23)6-9-7-17-11-5-3-2-4-10(9)11/h2-5,7,12,17H,6,8H2,1H3,(H,18,21)(H,19,20)(H,22,23)/t12-/m0/s1. The summed E-state index contributed by atoms with van der Waals surface area (Å²) < 4.78 is 4.69. The Morgan fingerprint density at radius 3 is 2.64 bits per heavy atom. The first-order valence-electron chi connectivity index (χ1n) is 7.35. The fourth-order valence-corrected chi connectivity index (χ4v) is 2.34. The van der Waals surface area contributed by atoms with Crippen LogP contribution in [0.3, 0.4) is 0 Å². The van der Waals surface area contributed by atoms with Gasteiger partial charge in [0.05, 0.1) is 13.7 Å². The normalized spacial score (nSPS) is 11.6. The third kappa shape index (κ3) is 4.56. The number of ether oxygens (including phenoxy) is 1. The number of fused-ring (bicyclic) bond motifs is 1. The van der Waals surface area contributed by atoms with Gasteiger partial charge in [0.1, 0.15) is 6.04 Å². The molecule has 0 fully saturated rings. The van der Waals surface area contributed by atoms with Crippen LogP contribution in [0.2, 0.25) is 0 Å². The average Bonchev–Trinajstić information content (AvgIpc) is 3.01. The van der Waals surface area contributed by atoms with Crippen molar-refractivity contribution in [3.63, 3.8) is 0 Å². The Bertz CT molecular complexity index is 813. The van der Waals surface area contributed by atoms with Crippen LogP contribution in [0.4, 0.5) is 0 Å². The van der Waals surface area contributed by atoms with Gasteiger partial charge >= 0.3 is 17.8 Å². The van der Waals surface area contributed by atoms with Crippen LogP contribution in [-0.2, 0) is 30.3 Å². The summed E-state index contributed by atoms with van der Waals surface area (Å²) in [5.41, 5.74) is 1.70. The summed E-state index contributed by atoms with van der Waals surface area (Å²) in [7, 11) is 1.20. The van der Waals surface area contributed by atoms with Gasteiger partial charge in [-0.15, -0.1) is 0 Å². The van der Waals surface area contributed by atoms with E-state index in [9.17, 15) is 19.2 Å². The molecule has 0 saturated heterocycles. The second kappa shape index (κ2) is 7.95. The van der Waals surface area contributed by atoms with Crippen molar-refractivity contribution in [3.05, 3.63) is 36.0 Å². The summed E-state index contributed by atoms with van der Waals surface area (Å²) in [6.45, 7) is -0.563. The topological polar surface area (TPSA) is 138 Å². The molecule has 0 unspecified atom stereocenters. The Balaban J connectivity index is 2.06. The number of aromatic amines is 1. The van der Waals surface area contributed by atoms with Gasteiger partial charge in [-0.1, -0.05) is 18.2 Å². The summed E-state index contributed by atoms with van der Waals surface area (Å²) in [6.07, 6.45) is 1.91. The summed E-state index contributed by atoms with van der Waals surface area (Å²) in [5, 5.41) is 13.7. The van der Waals surface area contributed by atoms with Crippen molar-refractivity contribution < 1.29 is 29.0 Å². The van der Waals surface area contributed by atoms with Gasteiger partial charge in [0.2, 0.25) is 5.91 Å². The zero-order valence-corrected chi connectivity index (χ0v) is 13.4. The van der Waals surface area contributed by atoms with Crippen LogP contribution in [0.1, 0.15) is 5.56 Å². The first-order valence-corrected chi connectivity index (χ1v) is 7.35. The van der Waals surface area contributed by atoms with E-state index >= 15 is 0 Å². The van der Waals surface area contributed by atoms with Gasteiger partial charge in [-0.25, -0.2) is 9.59 Å². The Labute approximate surface area is 142 Å². The maximum Gasteiger partial charge on any atom is 0.394 e. The minimum absolute atomic E-state index is 0.176. The van der Waals surface area contributed by atoms with Crippen molar-refractivity contribution in [1.82, 2.24) is 15.6 Å². The highest BCUT2D eigenvalue weighted by atomic mass is 16.5. The molecule has 1 aromatic carbocycles. The van der Waals surface area contributed by atoms with Gasteiger partial charge in [0, 0.05) is 23.5 Å². The molecule has 0 radical (unpaired) electrons. The Morgan fingerprint density at radius 2 is 1.96 bits per heavy atom. The van der Waals surface area contributed by atoms with E-state index in [0.717, 1.165) is 16.5 Å². The number of rotatable bonds is 6. The molecular formula is C16H17N3O6. The number of carbonyl (C=O) groups excluding carboxylic acids is 3.